The first-order valence-electron chi connectivity index (χ1n) is 17.5. The van der Waals surface area contributed by atoms with E-state index in [9.17, 15) is 40.2 Å². The summed E-state index contributed by atoms with van der Waals surface area (Å²) in [6, 6.07) is 0. The van der Waals surface area contributed by atoms with Gasteiger partial charge in [-0.15, -0.1) is 0 Å². The van der Waals surface area contributed by atoms with Crippen molar-refractivity contribution >= 4 is 11.8 Å². The lowest BCUT2D eigenvalue weighted by Gasteiger charge is -2.67. The van der Waals surface area contributed by atoms with E-state index < -0.39 is 101 Å². The Kier molecular flexibility index (Phi) is 9.31. The first-order chi connectivity index (χ1) is 22.3. The number of Topliss-reactive ketones (excluding diaryl/α,β-unsaturated/α-hetero) is 1. The second-order valence-electron chi connectivity index (χ2n) is 15.9. The van der Waals surface area contributed by atoms with Gasteiger partial charge in [-0.3, -0.25) is 9.59 Å². The maximum absolute atomic E-state index is 12.9. The molecule has 2 aliphatic heterocycles. The summed E-state index contributed by atoms with van der Waals surface area (Å²) >= 11 is 0. The molecule has 0 radical (unpaired) electrons. The zero-order valence-corrected chi connectivity index (χ0v) is 28.8. The fourth-order valence-electron chi connectivity index (χ4n) is 10.5. The molecule has 0 spiro atoms. The molecule has 0 amide bonds. The summed E-state index contributed by atoms with van der Waals surface area (Å²) in [5.74, 6) is -1.65. The number of rotatable bonds is 6. The Morgan fingerprint density at radius 3 is 2.15 bits per heavy atom. The number of ketones is 1. The first kappa shape index (κ1) is 36.3. The van der Waals surface area contributed by atoms with Crippen molar-refractivity contribution in [2.75, 3.05) is 0 Å². The van der Waals surface area contributed by atoms with Crippen molar-refractivity contribution < 1.29 is 63.9 Å². The molecule has 5 fully saturated rings. The number of hydrogen-bond donors (Lipinski definition) is 6. The quantitative estimate of drug-likeness (QED) is 0.172. The smallest absolute Gasteiger partial charge is 0.302 e. The van der Waals surface area contributed by atoms with Crippen molar-refractivity contribution in [3.05, 3.63) is 11.6 Å². The van der Waals surface area contributed by atoms with Gasteiger partial charge in [-0.1, -0.05) is 18.6 Å². The minimum absolute atomic E-state index is 0.0198. The number of carbonyl (C=O) groups excluding carboxylic acids is 2. The largest absolute Gasteiger partial charge is 0.462 e. The zero-order chi connectivity index (χ0) is 35.2. The Morgan fingerprint density at radius 1 is 0.875 bits per heavy atom. The number of hydrogen-bond acceptors (Lipinski definition) is 13. The Morgan fingerprint density at radius 2 is 1.52 bits per heavy atom. The molecule has 4 aliphatic carbocycles. The summed E-state index contributed by atoms with van der Waals surface area (Å²) in [6.45, 7) is 9.59. The van der Waals surface area contributed by atoms with Crippen molar-refractivity contribution in [1.82, 2.24) is 0 Å². The molecule has 16 atom stereocenters. The number of fused-ring (bicyclic) bond motifs is 5. The maximum atomic E-state index is 12.9. The van der Waals surface area contributed by atoms with Gasteiger partial charge in [-0.05, 0) is 78.1 Å². The highest BCUT2D eigenvalue weighted by Crippen LogP contribution is 2.71. The Labute approximate surface area is 281 Å². The van der Waals surface area contributed by atoms with Crippen LogP contribution in [0.4, 0.5) is 0 Å². The summed E-state index contributed by atoms with van der Waals surface area (Å²) in [5.41, 5.74) is -6.72. The second kappa shape index (κ2) is 12.3. The van der Waals surface area contributed by atoms with Crippen LogP contribution >= 0.6 is 0 Å². The van der Waals surface area contributed by atoms with E-state index in [2.05, 4.69) is 6.92 Å². The van der Waals surface area contributed by atoms with Crippen LogP contribution in [0, 0.1) is 16.7 Å². The average molecular weight is 683 g/mol. The molecule has 2 heterocycles. The molecular formula is C35H54O13. The standard InChI is InChI=1S/C35H54O13/c1-17-29(40)23(38)14-28(44-17)48-30-18(2)45-27(15-24(30)39)47-22-8-9-31(5)21(13-22)7-10-34(42)25(31)16-26(46-20(4)37)32(6)33(41,19(3)36)11-12-35(32,34)43/h7,17-18,22-30,38-43H,8-16H2,1-6H3/t17-,18-,22+,23+,24+,25-,26-,27+,28+,29-,30-,31+,32-,33-,34+,35-/m1/s1. The van der Waals surface area contributed by atoms with Crippen LogP contribution in [0.3, 0.4) is 0 Å². The van der Waals surface area contributed by atoms with Gasteiger partial charge in [0.2, 0.25) is 0 Å². The van der Waals surface area contributed by atoms with E-state index >= 15 is 0 Å². The van der Waals surface area contributed by atoms with Crippen LogP contribution < -0.4 is 0 Å². The average Bonchev–Trinajstić information content (AvgIpc) is 3.23. The van der Waals surface area contributed by atoms with Crippen molar-refractivity contribution in [2.45, 2.75) is 178 Å². The number of esters is 1. The third-order valence-corrected chi connectivity index (χ3v) is 13.4. The highest BCUT2D eigenvalue weighted by atomic mass is 16.7. The summed E-state index contributed by atoms with van der Waals surface area (Å²) in [6.07, 6.45) is -3.45. The third kappa shape index (κ3) is 5.26. The molecule has 6 aliphatic rings. The lowest BCUT2D eigenvalue weighted by atomic mass is 9.42. The molecule has 0 aromatic carbocycles. The summed E-state index contributed by atoms with van der Waals surface area (Å²) in [4.78, 5) is 25.2. The first-order valence-corrected chi connectivity index (χ1v) is 17.5. The van der Waals surface area contributed by atoms with Gasteiger partial charge in [0.15, 0.2) is 18.4 Å². The van der Waals surface area contributed by atoms with Gasteiger partial charge in [0.05, 0.1) is 35.9 Å². The zero-order valence-electron chi connectivity index (χ0n) is 28.8. The molecule has 2 saturated heterocycles. The molecule has 13 nitrogen and oxygen atoms in total. The van der Waals surface area contributed by atoms with Gasteiger partial charge < -0.3 is 54.3 Å². The van der Waals surface area contributed by atoms with Crippen LogP contribution in [-0.4, -0.2) is 121 Å². The molecule has 0 aromatic rings. The van der Waals surface area contributed by atoms with Gasteiger partial charge in [0.25, 0.3) is 0 Å². The van der Waals surface area contributed by atoms with Crippen molar-refractivity contribution in [1.29, 1.82) is 0 Å². The molecular weight excluding hydrogens is 628 g/mol. The topological polar surface area (TPSA) is 202 Å². The highest BCUT2D eigenvalue weighted by molar-refractivity contribution is 5.87. The number of carbonyl (C=O) groups is 2. The fraction of sp³-hybridized carbons (Fsp3) is 0.886. The minimum Gasteiger partial charge on any atom is -0.462 e. The SMILES string of the molecule is CC(=O)O[C@@H]1C[C@@H]2[C@@]3(C)CC[C@H](O[C@H]4C[C@H](O)[C@H](O[C@H]5C[C@H](O)[C@H](O)[C@@H](C)O5)[C@@H](C)O4)CC3=CC[C@@]2(O)[C@@]2(O)CC[C@@](O)(C(C)=O)[C@@]12C. The Bertz CT molecular complexity index is 1280. The number of ether oxygens (including phenoxy) is 5. The number of aliphatic hydroxyl groups excluding tert-OH is 3. The van der Waals surface area contributed by atoms with Crippen LogP contribution in [0.25, 0.3) is 0 Å². The van der Waals surface area contributed by atoms with Gasteiger partial charge in [-0.2, -0.15) is 0 Å². The normalized spacial score (nSPS) is 53.6. The molecule has 13 heteroatoms. The van der Waals surface area contributed by atoms with E-state index in [4.69, 9.17) is 23.7 Å². The molecule has 48 heavy (non-hydrogen) atoms. The van der Waals surface area contributed by atoms with Crippen molar-refractivity contribution in [3.63, 3.8) is 0 Å². The summed E-state index contributed by atoms with van der Waals surface area (Å²) in [5, 5.41) is 67.9. The molecule has 6 rings (SSSR count). The molecule has 0 bridgehead atoms. The van der Waals surface area contributed by atoms with Crippen LogP contribution in [0.2, 0.25) is 0 Å². The molecule has 0 aromatic heterocycles. The van der Waals surface area contributed by atoms with Crippen LogP contribution in [0.15, 0.2) is 11.6 Å². The monoisotopic (exact) mass is 682 g/mol. The van der Waals surface area contributed by atoms with E-state index in [1.165, 1.54) is 13.8 Å². The van der Waals surface area contributed by atoms with Crippen molar-refractivity contribution in [3.8, 4) is 0 Å². The van der Waals surface area contributed by atoms with E-state index in [1.54, 1.807) is 20.8 Å². The van der Waals surface area contributed by atoms with Gasteiger partial charge in [0.1, 0.15) is 35.1 Å². The van der Waals surface area contributed by atoms with E-state index in [1.807, 2.05) is 6.08 Å². The van der Waals surface area contributed by atoms with Crippen LogP contribution in [-0.2, 0) is 33.3 Å². The summed E-state index contributed by atoms with van der Waals surface area (Å²) in [7, 11) is 0. The molecule has 0 unspecified atom stereocenters. The fourth-order valence-corrected chi connectivity index (χ4v) is 10.5. The second-order valence-corrected chi connectivity index (χ2v) is 15.9. The lowest BCUT2D eigenvalue weighted by Crippen LogP contribution is -2.78. The van der Waals surface area contributed by atoms with Gasteiger partial charge >= 0.3 is 5.97 Å². The maximum Gasteiger partial charge on any atom is 0.302 e. The predicted molar refractivity (Wildman–Crippen MR) is 167 cm³/mol. The van der Waals surface area contributed by atoms with E-state index in [-0.39, 0.29) is 44.6 Å². The highest BCUT2D eigenvalue weighted by Gasteiger charge is 2.81. The predicted octanol–water partition coefficient (Wildman–Crippen LogP) is 1.16. The molecule has 6 N–H and O–H groups in total. The van der Waals surface area contributed by atoms with Gasteiger partial charge in [-0.25, -0.2) is 0 Å². The third-order valence-electron chi connectivity index (χ3n) is 13.4. The van der Waals surface area contributed by atoms with E-state index in [0.717, 1.165) is 5.57 Å². The molecule has 3 saturated carbocycles. The minimum atomic E-state index is -1.98. The lowest BCUT2D eigenvalue weighted by molar-refractivity contribution is -0.320. The Hall–Kier alpha value is -1.52. The van der Waals surface area contributed by atoms with Crippen molar-refractivity contribution in [2.24, 2.45) is 16.7 Å². The molecule has 272 valence electrons. The van der Waals surface area contributed by atoms with Crippen LogP contribution in [0.1, 0.15) is 99.3 Å². The van der Waals surface area contributed by atoms with Gasteiger partial charge in [0, 0.05) is 25.7 Å². The van der Waals surface area contributed by atoms with E-state index in [0.29, 0.717) is 19.3 Å². The number of aliphatic hydroxyl groups is 6. The van der Waals surface area contributed by atoms with Crippen LogP contribution in [0.5, 0.6) is 0 Å². The summed E-state index contributed by atoms with van der Waals surface area (Å²) < 4.78 is 30.0. The Balaban J connectivity index is 1.16.